The molecule has 14 heavy (non-hydrogen) atoms. The molecule has 1 heterocycles. The van der Waals surface area contributed by atoms with Crippen LogP contribution in [0.4, 0.5) is 0 Å². The lowest BCUT2D eigenvalue weighted by molar-refractivity contribution is 0.487. The molecule has 0 spiro atoms. The molecule has 1 rings (SSSR count). The summed E-state index contributed by atoms with van der Waals surface area (Å²) >= 11 is 0. The van der Waals surface area contributed by atoms with E-state index in [2.05, 4.69) is 28.8 Å². The van der Waals surface area contributed by atoms with Gasteiger partial charge in [-0.3, -0.25) is 0 Å². The van der Waals surface area contributed by atoms with Crippen LogP contribution in [0.3, 0.4) is 0 Å². The molecular weight excluding hydrogens is 174 g/mol. The second kappa shape index (κ2) is 5.81. The van der Waals surface area contributed by atoms with Crippen LogP contribution in [-0.2, 0) is 13.5 Å². The van der Waals surface area contributed by atoms with Crippen molar-refractivity contribution in [2.24, 2.45) is 7.05 Å². The zero-order valence-electron chi connectivity index (χ0n) is 9.45. The fraction of sp³-hybridized carbons (Fsp3) is 0.727. The fourth-order valence-corrected chi connectivity index (χ4v) is 1.70. The third kappa shape index (κ3) is 3.14. The molecular formula is C11H21N3. The SMILES string of the molecule is CCC(CCCc1nccn1C)NC. The number of imidazole rings is 1. The Kier molecular flexibility index (Phi) is 4.66. The first-order chi connectivity index (χ1) is 6.77. The van der Waals surface area contributed by atoms with Crippen LogP contribution in [0, 0.1) is 0 Å². The molecule has 3 nitrogen and oxygen atoms in total. The summed E-state index contributed by atoms with van der Waals surface area (Å²) in [5.41, 5.74) is 0. The van der Waals surface area contributed by atoms with Gasteiger partial charge in [0.05, 0.1) is 0 Å². The molecule has 0 saturated heterocycles. The molecule has 0 saturated carbocycles. The summed E-state index contributed by atoms with van der Waals surface area (Å²) in [6.45, 7) is 2.22. The molecule has 0 aliphatic heterocycles. The predicted octanol–water partition coefficient (Wildman–Crippen LogP) is 1.74. The van der Waals surface area contributed by atoms with Crippen molar-refractivity contribution in [2.45, 2.75) is 38.6 Å². The average molecular weight is 195 g/mol. The highest BCUT2D eigenvalue weighted by molar-refractivity contribution is 4.91. The Labute approximate surface area is 86.5 Å². The number of aryl methyl sites for hydroxylation is 2. The van der Waals surface area contributed by atoms with Crippen molar-refractivity contribution in [3.63, 3.8) is 0 Å². The van der Waals surface area contributed by atoms with Crippen molar-refractivity contribution >= 4 is 0 Å². The largest absolute Gasteiger partial charge is 0.338 e. The van der Waals surface area contributed by atoms with E-state index in [4.69, 9.17) is 0 Å². The van der Waals surface area contributed by atoms with Crippen molar-refractivity contribution in [3.05, 3.63) is 18.2 Å². The van der Waals surface area contributed by atoms with Crippen LogP contribution in [0.15, 0.2) is 12.4 Å². The van der Waals surface area contributed by atoms with Gasteiger partial charge in [0.25, 0.3) is 0 Å². The van der Waals surface area contributed by atoms with E-state index in [1.807, 2.05) is 19.4 Å². The molecule has 0 radical (unpaired) electrons. The summed E-state index contributed by atoms with van der Waals surface area (Å²) in [4.78, 5) is 4.31. The van der Waals surface area contributed by atoms with Crippen molar-refractivity contribution in [1.29, 1.82) is 0 Å². The number of nitrogens with zero attached hydrogens (tertiary/aromatic N) is 2. The van der Waals surface area contributed by atoms with E-state index < -0.39 is 0 Å². The second-order valence-electron chi connectivity index (χ2n) is 3.74. The monoisotopic (exact) mass is 195 g/mol. The highest BCUT2D eigenvalue weighted by Gasteiger charge is 2.04. The van der Waals surface area contributed by atoms with Crippen LogP contribution in [-0.4, -0.2) is 22.6 Å². The normalized spacial score (nSPS) is 13.1. The summed E-state index contributed by atoms with van der Waals surface area (Å²) in [5, 5.41) is 3.32. The number of nitrogens with one attached hydrogen (secondary N) is 1. The maximum Gasteiger partial charge on any atom is 0.108 e. The standard InChI is InChI=1S/C11H21N3/c1-4-10(12-2)6-5-7-11-13-8-9-14(11)3/h8-10,12H,4-7H2,1-3H3. The Bertz CT molecular complexity index is 251. The van der Waals surface area contributed by atoms with Gasteiger partial charge in [-0.25, -0.2) is 4.98 Å². The van der Waals surface area contributed by atoms with E-state index in [9.17, 15) is 0 Å². The smallest absolute Gasteiger partial charge is 0.108 e. The summed E-state index contributed by atoms with van der Waals surface area (Å²) in [5.74, 6) is 1.19. The molecule has 0 fully saturated rings. The third-order valence-electron chi connectivity index (χ3n) is 2.77. The van der Waals surface area contributed by atoms with E-state index in [0.717, 1.165) is 6.42 Å². The molecule has 3 heteroatoms. The first-order valence-corrected chi connectivity index (χ1v) is 5.41. The van der Waals surface area contributed by atoms with Gasteiger partial charge in [-0.1, -0.05) is 6.92 Å². The van der Waals surface area contributed by atoms with Gasteiger partial charge in [-0.15, -0.1) is 0 Å². The minimum Gasteiger partial charge on any atom is -0.338 e. The van der Waals surface area contributed by atoms with Crippen LogP contribution >= 0.6 is 0 Å². The molecule has 1 aromatic rings. The first-order valence-electron chi connectivity index (χ1n) is 5.41. The van der Waals surface area contributed by atoms with E-state index in [0.29, 0.717) is 6.04 Å². The van der Waals surface area contributed by atoms with Crippen molar-refractivity contribution in [2.75, 3.05) is 7.05 Å². The highest BCUT2D eigenvalue weighted by atomic mass is 15.0. The molecule has 0 aliphatic carbocycles. The Morgan fingerprint density at radius 1 is 1.57 bits per heavy atom. The van der Waals surface area contributed by atoms with Crippen molar-refractivity contribution in [1.82, 2.24) is 14.9 Å². The van der Waals surface area contributed by atoms with E-state index in [1.165, 1.54) is 25.1 Å². The zero-order valence-corrected chi connectivity index (χ0v) is 9.45. The topological polar surface area (TPSA) is 29.9 Å². The van der Waals surface area contributed by atoms with Gasteiger partial charge in [-0.2, -0.15) is 0 Å². The van der Waals surface area contributed by atoms with Gasteiger partial charge >= 0.3 is 0 Å². The molecule has 1 aromatic heterocycles. The van der Waals surface area contributed by atoms with Crippen LogP contribution < -0.4 is 5.32 Å². The average Bonchev–Trinajstić information content (AvgIpc) is 2.59. The molecule has 0 aromatic carbocycles. The lowest BCUT2D eigenvalue weighted by Gasteiger charge is -2.12. The Hall–Kier alpha value is -0.830. The zero-order chi connectivity index (χ0) is 10.4. The van der Waals surface area contributed by atoms with Crippen LogP contribution in [0.1, 0.15) is 32.0 Å². The van der Waals surface area contributed by atoms with Crippen LogP contribution in [0.2, 0.25) is 0 Å². The quantitative estimate of drug-likeness (QED) is 0.749. The molecule has 80 valence electrons. The van der Waals surface area contributed by atoms with Crippen LogP contribution in [0.5, 0.6) is 0 Å². The number of hydrogen-bond acceptors (Lipinski definition) is 2. The second-order valence-corrected chi connectivity index (χ2v) is 3.74. The Morgan fingerprint density at radius 2 is 2.36 bits per heavy atom. The Morgan fingerprint density at radius 3 is 2.86 bits per heavy atom. The van der Waals surface area contributed by atoms with Gasteiger partial charge in [-0.05, 0) is 26.3 Å². The lowest BCUT2D eigenvalue weighted by atomic mass is 10.1. The van der Waals surface area contributed by atoms with Crippen molar-refractivity contribution in [3.8, 4) is 0 Å². The van der Waals surface area contributed by atoms with Gasteiger partial charge in [0.2, 0.25) is 0 Å². The summed E-state index contributed by atoms with van der Waals surface area (Å²) < 4.78 is 2.10. The fourth-order valence-electron chi connectivity index (χ4n) is 1.70. The number of aromatic nitrogens is 2. The number of hydrogen-bond donors (Lipinski definition) is 1. The first kappa shape index (κ1) is 11.2. The minimum absolute atomic E-state index is 0.662. The maximum atomic E-state index is 4.31. The maximum absolute atomic E-state index is 4.31. The molecule has 1 atom stereocenters. The third-order valence-corrected chi connectivity index (χ3v) is 2.77. The van der Waals surface area contributed by atoms with E-state index in [1.54, 1.807) is 0 Å². The predicted molar refractivity (Wildman–Crippen MR) is 59.3 cm³/mol. The highest BCUT2D eigenvalue weighted by Crippen LogP contribution is 2.06. The summed E-state index contributed by atoms with van der Waals surface area (Å²) in [7, 11) is 4.09. The summed E-state index contributed by atoms with van der Waals surface area (Å²) in [6.07, 6.45) is 8.61. The molecule has 0 amide bonds. The molecule has 1 unspecified atom stereocenters. The van der Waals surface area contributed by atoms with Crippen molar-refractivity contribution < 1.29 is 0 Å². The molecule has 1 N–H and O–H groups in total. The molecule has 0 bridgehead atoms. The van der Waals surface area contributed by atoms with E-state index >= 15 is 0 Å². The van der Waals surface area contributed by atoms with Gasteiger partial charge in [0.1, 0.15) is 5.82 Å². The molecule has 0 aliphatic rings. The van der Waals surface area contributed by atoms with Crippen LogP contribution in [0.25, 0.3) is 0 Å². The minimum atomic E-state index is 0.662. The van der Waals surface area contributed by atoms with Gasteiger partial charge < -0.3 is 9.88 Å². The lowest BCUT2D eigenvalue weighted by Crippen LogP contribution is -2.24. The van der Waals surface area contributed by atoms with Gasteiger partial charge in [0, 0.05) is 31.9 Å². The number of rotatable bonds is 6. The Balaban J connectivity index is 2.24. The van der Waals surface area contributed by atoms with E-state index in [-0.39, 0.29) is 0 Å². The summed E-state index contributed by atoms with van der Waals surface area (Å²) in [6, 6.07) is 0.662. The van der Waals surface area contributed by atoms with Gasteiger partial charge in [0.15, 0.2) is 0 Å².